The van der Waals surface area contributed by atoms with Gasteiger partial charge in [-0.05, 0) is 13.0 Å². The molecule has 56 valence electrons. The van der Waals surface area contributed by atoms with Crippen LogP contribution in [0.1, 0.15) is 6.92 Å². The number of rotatable bonds is 4. The van der Waals surface area contributed by atoms with Crippen LogP contribution in [0.5, 0.6) is 0 Å². The standard InChI is InChI=1S/C8H12O2/c1-3-4-7(2)9-5-8-6-10-8/h3-4,8H,1,5-6H2,2H3. The topological polar surface area (TPSA) is 21.8 Å². The average Bonchev–Trinajstić information content (AvgIpc) is 2.67. The van der Waals surface area contributed by atoms with E-state index in [0.29, 0.717) is 12.7 Å². The fourth-order valence-electron chi connectivity index (χ4n) is 0.603. The first-order chi connectivity index (χ1) is 4.83. The number of ether oxygens (including phenoxy) is 2. The number of allylic oxidation sites excluding steroid dienone is 3. The highest BCUT2D eigenvalue weighted by atomic mass is 16.6. The summed E-state index contributed by atoms with van der Waals surface area (Å²) in [5.74, 6) is 0.894. The molecule has 1 aliphatic rings. The molecular formula is C8H12O2. The van der Waals surface area contributed by atoms with Gasteiger partial charge in [-0.15, -0.1) is 0 Å². The first-order valence-electron chi connectivity index (χ1n) is 3.36. The molecule has 0 radical (unpaired) electrons. The summed E-state index contributed by atoms with van der Waals surface area (Å²) >= 11 is 0. The van der Waals surface area contributed by atoms with Crippen molar-refractivity contribution < 1.29 is 9.47 Å². The maximum Gasteiger partial charge on any atom is 0.116 e. The third-order valence-electron chi connectivity index (χ3n) is 1.25. The molecule has 0 aromatic rings. The van der Waals surface area contributed by atoms with E-state index in [0.717, 1.165) is 12.4 Å². The Balaban J connectivity index is 2.10. The van der Waals surface area contributed by atoms with Gasteiger partial charge in [-0.25, -0.2) is 0 Å². The highest BCUT2D eigenvalue weighted by molar-refractivity contribution is 5.01. The van der Waals surface area contributed by atoms with Crippen LogP contribution in [0.2, 0.25) is 0 Å². The van der Waals surface area contributed by atoms with Crippen LogP contribution in [0, 0.1) is 0 Å². The van der Waals surface area contributed by atoms with Crippen molar-refractivity contribution >= 4 is 0 Å². The van der Waals surface area contributed by atoms with Crippen LogP contribution < -0.4 is 0 Å². The molecule has 0 N–H and O–H groups in total. The Morgan fingerprint density at radius 1 is 1.90 bits per heavy atom. The van der Waals surface area contributed by atoms with Gasteiger partial charge in [-0.1, -0.05) is 12.7 Å². The molecule has 1 fully saturated rings. The second kappa shape index (κ2) is 3.42. The van der Waals surface area contributed by atoms with Crippen molar-refractivity contribution in [1.82, 2.24) is 0 Å². The zero-order valence-corrected chi connectivity index (χ0v) is 6.17. The van der Waals surface area contributed by atoms with Gasteiger partial charge >= 0.3 is 0 Å². The molecule has 0 bridgehead atoms. The van der Waals surface area contributed by atoms with Gasteiger partial charge in [0.25, 0.3) is 0 Å². The minimum atomic E-state index is 0.341. The molecule has 0 spiro atoms. The third kappa shape index (κ3) is 2.69. The van der Waals surface area contributed by atoms with E-state index in [4.69, 9.17) is 9.47 Å². The van der Waals surface area contributed by atoms with Crippen LogP contribution in [0.25, 0.3) is 0 Å². The van der Waals surface area contributed by atoms with Crippen molar-refractivity contribution in [2.24, 2.45) is 0 Å². The SMILES string of the molecule is C=CC=C(C)OCC1CO1. The molecule has 2 heteroatoms. The van der Waals surface area contributed by atoms with Gasteiger partial charge in [0.15, 0.2) is 0 Å². The van der Waals surface area contributed by atoms with Crippen LogP contribution in [-0.4, -0.2) is 19.3 Å². The van der Waals surface area contributed by atoms with E-state index in [2.05, 4.69) is 6.58 Å². The van der Waals surface area contributed by atoms with Gasteiger partial charge in [-0.2, -0.15) is 0 Å². The molecule has 0 saturated carbocycles. The van der Waals surface area contributed by atoms with Gasteiger partial charge in [0.2, 0.25) is 0 Å². The van der Waals surface area contributed by atoms with Crippen LogP contribution in [0.3, 0.4) is 0 Å². The van der Waals surface area contributed by atoms with E-state index in [1.165, 1.54) is 0 Å². The van der Waals surface area contributed by atoms with Gasteiger partial charge < -0.3 is 9.47 Å². The number of hydrogen-bond donors (Lipinski definition) is 0. The Morgan fingerprint density at radius 3 is 3.10 bits per heavy atom. The Labute approximate surface area is 61.1 Å². The van der Waals surface area contributed by atoms with Crippen molar-refractivity contribution in [2.45, 2.75) is 13.0 Å². The molecule has 1 saturated heterocycles. The molecule has 0 aromatic carbocycles. The zero-order chi connectivity index (χ0) is 7.40. The van der Waals surface area contributed by atoms with Crippen molar-refractivity contribution in [3.05, 3.63) is 24.5 Å². The minimum absolute atomic E-state index is 0.341. The second-order valence-electron chi connectivity index (χ2n) is 2.28. The highest BCUT2D eigenvalue weighted by Gasteiger charge is 2.22. The van der Waals surface area contributed by atoms with Crippen LogP contribution in [0.15, 0.2) is 24.5 Å². The van der Waals surface area contributed by atoms with Crippen molar-refractivity contribution in [3.8, 4) is 0 Å². The summed E-state index contributed by atoms with van der Waals surface area (Å²) in [5.41, 5.74) is 0. The lowest BCUT2D eigenvalue weighted by molar-refractivity contribution is 0.185. The molecule has 0 aromatic heterocycles. The van der Waals surface area contributed by atoms with E-state index < -0.39 is 0 Å². The first-order valence-corrected chi connectivity index (χ1v) is 3.36. The molecule has 1 heterocycles. The van der Waals surface area contributed by atoms with E-state index in [1.54, 1.807) is 6.08 Å². The second-order valence-corrected chi connectivity index (χ2v) is 2.28. The molecule has 0 amide bonds. The van der Waals surface area contributed by atoms with Crippen LogP contribution >= 0.6 is 0 Å². The molecule has 1 aliphatic heterocycles. The summed E-state index contributed by atoms with van der Waals surface area (Å²) < 4.78 is 10.2. The molecule has 1 rings (SSSR count). The van der Waals surface area contributed by atoms with Crippen LogP contribution in [-0.2, 0) is 9.47 Å². The van der Waals surface area contributed by atoms with Gasteiger partial charge in [0.05, 0.1) is 12.4 Å². The molecule has 1 atom stereocenters. The van der Waals surface area contributed by atoms with Gasteiger partial charge in [0.1, 0.15) is 12.7 Å². The van der Waals surface area contributed by atoms with E-state index in [1.807, 2.05) is 13.0 Å². The summed E-state index contributed by atoms with van der Waals surface area (Å²) in [5, 5.41) is 0. The fraction of sp³-hybridized carbons (Fsp3) is 0.500. The first kappa shape index (κ1) is 7.35. The van der Waals surface area contributed by atoms with E-state index >= 15 is 0 Å². The summed E-state index contributed by atoms with van der Waals surface area (Å²) in [6.45, 7) is 6.99. The largest absolute Gasteiger partial charge is 0.495 e. The smallest absolute Gasteiger partial charge is 0.116 e. The van der Waals surface area contributed by atoms with E-state index in [-0.39, 0.29) is 0 Å². The van der Waals surface area contributed by atoms with Crippen molar-refractivity contribution in [1.29, 1.82) is 0 Å². The summed E-state index contributed by atoms with van der Waals surface area (Å²) in [6, 6.07) is 0. The molecule has 0 aliphatic carbocycles. The average molecular weight is 140 g/mol. The zero-order valence-electron chi connectivity index (χ0n) is 6.17. The van der Waals surface area contributed by atoms with E-state index in [9.17, 15) is 0 Å². The maximum absolute atomic E-state index is 5.27. The Bertz CT molecular complexity index is 145. The van der Waals surface area contributed by atoms with Gasteiger partial charge in [-0.3, -0.25) is 0 Å². The molecule has 10 heavy (non-hydrogen) atoms. The lowest BCUT2D eigenvalue weighted by Crippen LogP contribution is -1.98. The number of epoxide rings is 1. The summed E-state index contributed by atoms with van der Waals surface area (Å²) in [6.07, 6.45) is 3.89. The van der Waals surface area contributed by atoms with Crippen molar-refractivity contribution in [3.63, 3.8) is 0 Å². The predicted octanol–water partition coefficient (Wildman–Crippen LogP) is 1.49. The molecule has 1 unspecified atom stereocenters. The summed E-state index contributed by atoms with van der Waals surface area (Å²) in [7, 11) is 0. The Kier molecular flexibility index (Phi) is 2.51. The monoisotopic (exact) mass is 140 g/mol. The highest BCUT2D eigenvalue weighted by Crippen LogP contribution is 2.10. The molecule has 2 nitrogen and oxygen atoms in total. The third-order valence-corrected chi connectivity index (χ3v) is 1.25. The lowest BCUT2D eigenvalue weighted by atomic mass is 10.4. The Morgan fingerprint density at radius 2 is 2.60 bits per heavy atom. The summed E-state index contributed by atoms with van der Waals surface area (Å²) in [4.78, 5) is 0. The normalized spacial score (nSPS) is 24.1. The lowest BCUT2D eigenvalue weighted by Gasteiger charge is -2.01. The fourth-order valence-corrected chi connectivity index (χ4v) is 0.603. The maximum atomic E-state index is 5.27. The Hall–Kier alpha value is -0.760. The van der Waals surface area contributed by atoms with Gasteiger partial charge in [0, 0.05) is 0 Å². The quantitative estimate of drug-likeness (QED) is 0.335. The molecular weight excluding hydrogens is 128 g/mol. The predicted molar refractivity (Wildman–Crippen MR) is 39.6 cm³/mol. The number of hydrogen-bond acceptors (Lipinski definition) is 2. The minimum Gasteiger partial charge on any atom is -0.495 e. The van der Waals surface area contributed by atoms with Crippen LogP contribution in [0.4, 0.5) is 0 Å². The van der Waals surface area contributed by atoms with Crippen molar-refractivity contribution in [2.75, 3.05) is 13.2 Å².